The second-order valence-corrected chi connectivity index (χ2v) is 21.8. The Morgan fingerprint density at radius 2 is 0.514 bits per heavy atom. The fourth-order valence-electron chi connectivity index (χ4n) is 6.94. The first-order valence-electron chi connectivity index (χ1n) is 26.8. The topological polar surface area (TPSA) is 126 Å². The van der Waals surface area contributed by atoms with Gasteiger partial charge in [0.15, 0.2) is 0 Å². The van der Waals surface area contributed by atoms with E-state index in [1.807, 2.05) is 62.3 Å². The van der Waals surface area contributed by atoms with Gasteiger partial charge in [0, 0.05) is 36.4 Å². The lowest BCUT2D eigenvalue weighted by atomic mass is 10.2. The van der Waals surface area contributed by atoms with E-state index >= 15 is 13.2 Å². The van der Waals surface area contributed by atoms with Gasteiger partial charge in [0.25, 0.3) is 0 Å². The van der Waals surface area contributed by atoms with Gasteiger partial charge >= 0.3 is 15.6 Å². The summed E-state index contributed by atoms with van der Waals surface area (Å²) >= 11 is 0. The molecular formula is C55H87F3O12S2. The molecule has 0 atom stereocenters. The third-order valence-electron chi connectivity index (χ3n) is 11.2. The number of benzene rings is 3. The minimum atomic E-state index is -6.62. The molecule has 72 heavy (non-hydrogen) atoms. The van der Waals surface area contributed by atoms with Crippen LogP contribution in [0.2, 0.25) is 0 Å². The lowest BCUT2D eigenvalue weighted by Crippen LogP contribution is -2.29. The van der Waals surface area contributed by atoms with Gasteiger partial charge in [0.2, 0.25) is 0 Å². The Morgan fingerprint density at radius 3 is 0.681 bits per heavy atom. The molecule has 3 rings (SSSR count). The SMILES string of the molecule is CCCCOc1cc(OCCCC)c(S(OS(=O)(=O)C(F)(F)F)(c2c(OCCCC)cc(OCCCC)cc2OCCCC)c2c(OCCCC)cc(OCCCC)cc2OCCCC)c(OCCCC)c1. The Bertz CT molecular complexity index is 1810. The molecule has 0 aromatic heterocycles. The fourth-order valence-corrected chi connectivity index (χ4v) is 12.2. The molecule has 17 heteroatoms. The van der Waals surface area contributed by atoms with E-state index in [-0.39, 0.29) is 88.8 Å². The van der Waals surface area contributed by atoms with Crippen molar-refractivity contribution < 1.29 is 67.9 Å². The van der Waals surface area contributed by atoms with Gasteiger partial charge in [-0.25, -0.2) is 0 Å². The molecule has 0 bridgehead atoms. The molecule has 0 amide bonds. The van der Waals surface area contributed by atoms with Crippen molar-refractivity contribution in [2.75, 3.05) is 59.5 Å². The van der Waals surface area contributed by atoms with E-state index in [4.69, 9.17) is 46.3 Å². The highest BCUT2D eigenvalue weighted by molar-refractivity contribution is 8.33. The second-order valence-electron chi connectivity index (χ2n) is 17.6. The van der Waals surface area contributed by atoms with Crippen LogP contribution in [0.1, 0.15) is 178 Å². The van der Waals surface area contributed by atoms with Crippen molar-refractivity contribution >= 4 is 20.4 Å². The summed E-state index contributed by atoms with van der Waals surface area (Å²) in [5, 5.41) is 0. The minimum Gasteiger partial charge on any atom is -0.493 e. The van der Waals surface area contributed by atoms with Crippen molar-refractivity contribution in [3.8, 4) is 51.7 Å². The van der Waals surface area contributed by atoms with Crippen LogP contribution in [0.4, 0.5) is 13.2 Å². The van der Waals surface area contributed by atoms with Gasteiger partial charge in [0.1, 0.15) is 66.4 Å². The van der Waals surface area contributed by atoms with Gasteiger partial charge in [-0.2, -0.15) is 25.2 Å². The molecule has 0 aliphatic heterocycles. The quantitative estimate of drug-likeness (QED) is 0.0396. The molecule has 0 aliphatic carbocycles. The summed E-state index contributed by atoms with van der Waals surface area (Å²) < 4.78 is 143. The summed E-state index contributed by atoms with van der Waals surface area (Å²) in [5.41, 5.74) is -5.95. The second kappa shape index (κ2) is 33.7. The van der Waals surface area contributed by atoms with Gasteiger partial charge in [-0.1, -0.05) is 120 Å². The standard InChI is InChI=1S/C55H87F3O12S2/c1-10-19-28-61-43-37-46(64-31-22-13-4)52(47(38-43)65-32-23-14-5)71(70-72(59,60)55(56,57)58,53-48(66-33-24-15-6)39-44(62-29-20-11-2)40-49(53)67-34-25-16-7)54-50(68-35-26-17-8)41-45(63-30-21-12-3)42-51(54)69-36-27-18-9/h37-42H,10-36H2,1-9H3. The smallest absolute Gasteiger partial charge is 0.493 e. The van der Waals surface area contributed by atoms with Gasteiger partial charge in [0.05, 0.1) is 59.5 Å². The molecule has 12 nitrogen and oxygen atoms in total. The third kappa shape index (κ3) is 18.7. The van der Waals surface area contributed by atoms with Crippen molar-refractivity contribution in [1.29, 1.82) is 0 Å². The molecule has 0 spiro atoms. The van der Waals surface area contributed by atoms with Crippen LogP contribution in [0.15, 0.2) is 51.1 Å². The van der Waals surface area contributed by atoms with E-state index in [1.54, 1.807) is 36.4 Å². The van der Waals surface area contributed by atoms with Crippen LogP contribution < -0.4 is 42.6 Å². The summed E-state index contributed by atoms with van der Waals surface area (Å²) in [6, 6.07) is 9.46. The molecule has 0 N–H and O–H groups in total. The van der Waals surface area contributed by atoms with Crippen LogP contribution >= 0.6 is 10.3 Å². The van der Waals surface area contributed by atoms with Crippen molar-refractivity contribution in [2.24, 2.45) is 0 Å². The Hall–Kier alpha value is -4.09. The molecule has 0 unspecified atom stereocenters. The zero-order valence-electron chi connectivity index (χ0n) is 44.9. The molecule has 0 saturated heterocycles. The largest absolute Gasteiger partial charge is 0.524 e. The van der Waals surface area contributed by atoms with Crippen molar-refractivity contribution in [3.05, 3.63) is 36.4 Å². The number of rotatable bonds is 41. The molecule has 412 valence electrons. The van der Waals surface area contributed by atoms with Crippen LogP contribution in [-0.4, -0.2) is 73.4 Å². The maximum atomic E-state index is 15.8. The highest BCUT2D eigenvalue weighted by Gasteiger charge is 2.57. The molecule has 0 aliphatic rings. The first kappa shape index (κ1) is 62.2. The number of alkyl halides is 3. The van der Waals surface area contributed by atoms with E-state index in [1.165, 1.54) is 0 Å². The fraction of sp³-hybridized carbons (Fsp3) is 0.673. The van der Waals surface area contributed by atoms with Crippen molar-refractivity contribution in [2.45, 2.75) is 198 Å². The molecule has 0 radical (unpaired) electrons. The van der Waals surface area contributed by atoms with Crippen LogP contribution in [0.5, 0.6) is 51.7 Å². The summed E-state index contributed by atoms with van der Waals surface area (Å²) in [6.07, 6.45) is 12.0. The Morgan fingerprint density at radius 1 is 0.333 bits per heavy atom. The van der Waals surface area contributed by atoms with Crippen LogP contribution in [0.3, 0.4) is 0 Å². The van der Waals surface area contributed by atoms with E-state index in [0.717, 1.165) is 19.3 Å². The maximum Gasteiger partial charge on any atom is 0.524 e. The van der Waals surface area contributed by atoms with E-state index in [0.29, 0.717) is 133 Å². The average molecular weight is 1060 g/mol. The summed E-state index contributed by atoms with van der Waals surface area (Å²) in [7, 11) is -11.3. The van der Waals surface area contributed by atoms with Gasteiger partial charge < -0.3 is 42.6 Å². The molecule has 3 aromatic rings. The lowest BCUT2D eigenvalue weighted by molar-refractivity contribution is -0.0496. The zero-order valence-corrected chi connectivity index (χ0v) is 46.5. The van der Waals surface area contributed by atoms with Crippen molar-refractivity contribution in [1.82, 2.24) is 0 Å². The molecule has 0 heterocycles. The summed E-state index contributed by atoms with van der Waals surface area (Å²) in [4.78, 5) is -0.442. The number of ether oxygens (including phenoxy) is 9. The minimum absolute atomic E-state index is 0.0269. The number of hydrogen-bond donors (Lipinski definition) is 0. The van der Waals surface area contributed by atoms with Crippen molar-refractivity contribution in [3.63, 3.8) is 0 Å². The highest BCUT2D eigenvalue weighted by atomic mass is 32.3. The first-order valence-corrected chi connectivity index (χ1v) is 29.8. The van der Waals surface area contributed by atoms with Gasteiger partial charge in [-0.3, -0.25) is 0 Å². The van der Waals surface area contributed by atoms with E-state index in [2.05, 4.69) is 0 Å². The average Bonchev–Trinajstić information content (AvgIpc) is 3.34. The van der Waals surface area contributed by atoms with Gasteiger partial charge in [-0.15, -0.1) is 0 Å². The number of hydrogen-bond acceptors (Lipinski definition) is 12. The summed E-state index contributed by atoms with van der Waals surface area (Å²) in [6.45, 7) is 19.4. The van der Waals surface area contributed by atoms with Crippen LogP contribution in [0, 0.1) is 0 Å². The third-order valence-corrected chi connectivity index (χ3v) is 16.2. The first-order chi connectivity index (χ1) is 34.8. The highest BCUT2D eigenvalue weighted by Crippen LogP contribution is 2.81. The predicted octanol–water partition coefficient (Wildman–Crippen LogP) is 16.4. The number of unbranched alkanes of at least 4 members (excludes halogenated alkanes) is 9. The van der Waals surface area contributed by atoms with E-state index < -0.39 is 25.9 Å². The van der Waals surface area contributed by atoms with Crippen LogP contribution in [-0.2, 0) is 13.7 Å². The zero-order chi connectivity index (χ0) is 52.8. The predicted molar refractivity (Wildman–Crippen MR) is 281 cm³/mol. The maximum absolute atomic E-state index is 15.8. The molecule has 3 aromatic carbocycles. The molecule has 0 saturated carbocycles. The lowest BCUT2D eigenvalue weighted by Gasteiger charge is -2.43. The molecule has 0 fully saturated rings. The Balaban J connectivity index is 3.06. The normalized spacial score (nSPS) is 12.1. The van der Waals surface area contributed by atoms with Gasteiger partial charge in [-0.05, 0) is 68.1 Å². The van der Waals surface area contributed by atoms with Crippen LogP contribution in [0.25, 0.3) is 0 Å². The monoisotopic (exact) mass is 1060 g/mol. The Labute approximate surface area is 432 Å². The Kier molecular flexibility index (Phi) is 29.1. The summed E-state index contributed by atoms with van der Waals surface area (Å²) in [5.74, 6) is 0.739. The number of halogens is 3. The van der Waals surface area contributed by atoms with E-state index in [9.17, 15) is 8.42 Å². The molecular weight excluding hydrogens is 974 g/mol.